The van der Waals surface area contributed by atoms with Gasteiger partial charge in [-0.25, -0.2) is 4.79 Å². The molecule has 5 nitrogen and oxygen atoms in total. The predicted molar refractivity (Wildman–Crippen MR) is 101 cm³/mol. The standard InChI is InChI=1S/C21H38O5/c1-9-14(3)13-15-11-12-21(23-8,25-16(15)10-2)20(7)17(22)24-18(26-20)19(4,5)6/h14-16,18H,9-13H2,1-8H3/t14-,15+,16+,18-,20+,21+/m0/s1. The van der Waals surface area contributed by atoms with Crippen LogP contribution in [0.3, 0.4) is 0 Å². The first kappa shape index (κ1) is 21.6. The topological polar surface area (TPSA) is 54.0 Å². The molecule has 2 fully saturated rings. The Morgan fingerprint density at radius 1 is 1.27 bits per heavy atom. The van der Waals surface area contributed by atoms with Crippen molar-refractivity contribution in [3.63, 3.8) is 0 Å². The maximum absolute atomic E-state index is 12.8. The molecule has 2 heterocycles. The molecule has 0 N–H and O–H groups in total. The molecule has 152 valence electrons. The van der Waals surface area contributed by atoms with Gasteiger partial charge in [0.1, 0.15) is 0 Å². The van der Waals surface area contributed by atoms with Crippen molar-refractivity contribution in [1.29, 1.82) is 0 Å². The van der Waals surface area contributed by atoms with Crippen LogP contribution in [-0.2, 0) is 23.7 Å². The second kappa shape index (κ2) is 7.76. The van der Waals surface area contributed by atoms with Gasteiger partial charge in [-0.05, 0) is 38.0 Å². The Bertz CT molecular complexity index is 499. The second-order valence-corrected chi connectivity index (χ2v) is 9.32. The summed E-state index contributed by atoms with van der Waals surface area (Å²) in [6, 6.07) is 0. The van der Waals surface area contributed by atoms with Gasteiger partial charge in [0.05, 0.1) is 6.10 Å². The molecule has 2 aliphatic heterocycles. The van der Waals surface area contributed by atoms with Crippen molar-refractivity contribution < 1.29 is 23.7 Å². The summed E-state index contributed by atoms with van der Waals surface area (Å²) < 4.78 is 24.1. The predicted octanol–water partition coefficient (Wildman–Crippen LogP) is 4.67. The highest BCUT2D eigenvalue weighted by atomic mass is 16.8. The molecule has 0 unspecified atom stereocenters. The van der Waals surface area contributed by atoms with Gasteiger partial charge in [-0.3, -0.25) is 0 Å². The lowest BCUT2D eigenvalue weighted by Crippen LogP contribution is -2.63. The number of carbonyl (C=O) groups is 1. The maximum Gasteiger partial charge on any atom is 0.346 e. The molecular formula is C21H38O5. The zero-order valence-electron chi connectivity index (χ0n) is 17.9. The molecule has 5 heteroatoms. The van der Waals surface area contributed by atoms with E-state index in [0.29, 0.717) is 18.3 Å². The minimum atomic E-state index is -1.26. The minimum absolute atomic E-state index is 0.0552. The van der Waals surface area contributed by atoms with Crippen molar-refractivity contribution in [1.82, 2.24) is 0 Å². The molecule has 26 heavy (non-hydrogen) atoms. The van der Waals surface area contributed by atoms with Gasteiger partial charge in [0.15, 0.2) is 0 Å². The van der Waals surface area contributed by atoms with Crippen LogP contribution in [0.4, 0.5) is 0 Å². The Labute approximate surface area is 159 Å². The molecule has 2 aliphatic rings. The van der Waals surface area contributed by atoms with Crippen molar-refractivity contribution in [2.45, 2.75) is 104 Å². The van der Waals surface area contributed by atoms with E-state index in [4.69, 9.17) is 18.9 Å². The summed E-state index contributed by atoms with van der Waals surface area (Å²) in [7, 11) is 1.61. The van der Waals surface area contributed by atoms with Crippen LogP contribution in [0.2, 0.25) is 0 Å². The largest absolute Gasteiger partial charge is 0.433 e. The molecule has 0 spiro atoms. The summed E-state index contributed by atoms with van der Waals surface area (Å²) in [6.07, 6.45) is 4.24. The van der Waals surface area contributed by atoms with Crippen molar-refractivity contribution in [3.8, 4) is 0 Å². The zero-order chi connectivity index (χ0) is 19.8. The van der Waals surface area contributed by atoms with Gasteiger partial charge in [-0.15, -0.1) is 0 Å². The summed E-state index contributed by atoms with van der Waals surface area (Å²) in [5, 5.41) is 0. The van der Waals surface area contributed by atoms with Crippen molar-refractivity contribution in [2.24, 2.45) is 17.3 Å². The van der Waals surface area contributed by atoms with Crippen LogP contribution in [0.5, 0.6) is 0 Å². The van der Waals surface area contributed by atoms with E-state index in [-0.39, 0.29) is 11.5 Å². The molecule has 6 atom stereocenters. The summed E-state index contributed by atoms with van der Waals surface area (Å²) in [4.78, 5) is 12.8. The van der Waals surface area contributed by atoms with Gasteiger partial charge in [-0.1, -0.05) is 48.0 Å². The van der Waals surface area contributed by atoms with E-state index in [9.17, 15) is 4.79 Å². The molecule has 2 rings (SSSR count). The van der Waals surface area contributed by atoms with E-state index in [1.54, 1.807) is 14.0 Å². The smallest absolute Gasteiger partial charge is 0.346 e. The first-order chi connectivity index (χ1) is 12.0. The third kappa shape index (κ3) is 3.81. The summed E-state index contributed by atoms with van der Waals surface area (Å²) >= 11 is 0. The van der Waals surface area contributed by atoms with Crippen LogP contribution in [0.25, 0.3) is 0 Å². The Morgan fingerprint density at radius 2 is 1.92 bits per heavy atom. The van der Waals surface area contributed by atoms with E-state index < -0.39 is 23.6 Å². The van der Waals surface area contributed by atoms with Gasteiger partial charge < -0.3 is 18.9 Å². The summed E-state index contributed by atoms with van der Waals surface area (Å²) in [6.45, 7) is 14.4. The third-order valence-electron chi connectivity index (χ3n) is 6.23. The number of hydrogen-bond acceptors (Lipinski definition) is 5. The lowest BCUT2D eigenvalue weighted by molar-refractivity contribution is -0.348. The highest BCUT2D eigenvalue weighted by molar-refractivity contribution is 5.82. The number of carbonyl (C=O) groups excluding carboxylic acids is 1. The summed E-state index contributed by atoms with van der Waals surface area (Å²) in [5.41, 5.74) is -1.56. The first-order valence-corrected chi connectivity index (χ1v) is 10.1. The van der Waals surface area contributed by atoms with Crippen molar-refractivity contribution in [2.75, 3.05) is 7.11 Å². The highest BCUT2D eigenvalue weighted by Gasteiger charge is 2.65. The van der Waals surface area contributed by atoms with E-state index in [0.717, 1.165) is 19.3 Å². The number of rotatable bonds is 6. The van der Waals surface area contributed by atoms with Crippen LogP contribution in [0, 0.1) is 17.3 Å². The number of esters is 1. The molecule has 0 radical (unpaired) electrons. The first-order valence-electron chi connectivity index (χ1n) is 10.1. The van der Waals surface area contributed by atoms with E-state index >= 15 is 0 Å². The number of methoxy groups -OCH3 is 1. The molecule has 0 bridgehead atoms. The van der Waals surface area contributed by atoms with Gasteiger partial charge in [0.25, 0.3) is 0 Å². The molecule has 0 aliphatic carbocycles. The van der Waals surface area contributed by atoms with Crippen LogP contribution in [-0.4, -0.2) is 36.9 Å². The molecule has 0 saturated carbocycles. The maximum atomic E-state index is 12.8. The minimum Gasteiger partial charge on any atom is -0.433 e. The van der Waals surface area contributed by atoms with E-state index in [1.807, 2.05) is 20.8 Å². The fourth-order valence-electron chi connectivity index (χ4n) is 4.12. The van der Waals surface area contributed by atoms with Crippen LogP contribution < -0.4 is 0 Å². The third-order valence-corrected chi connectivity index (χ3v) is 6.23. The highest BCUT2D eigenvalue weighted by Crippen LogP contribution is 2.49. The van der Waals surface area contributed by atoms with Crippen molar-refractivity contribution in [3.05, 3.63) is 0 Å². The lowest BCUT2D eigenvalue weighted by atomic mass is 9.78. The fraction of sp³-hybridized carbons (Fsp3) is 0.952. The Kier molecular flexibility index (Phi) is 6.46. The van der Waals surface area contributed by atoms with Crippen LogP contribution in [0.1, 0.15) is 80.6 Å². The Morgan fingerprint density at radius 3 is 2.38 bits per heavy atom. The monoisotopic (exact) mass is 370 g/mol. The molecule has 0 aromatic rings. The van der Waals surface area contributed by atoms with Gasteiger partial charge in [0, 0.05) is 18.9 Å². The zero-order valence-corrected chi connectivity index (χ0v) is 17.9. The number of ether oxygens (including phenoxy) is 4. The lowest BCUT2D eigenvalue weighted by Gasteiger charge is -2.49. The normalized spacial score (nSPS) is 39.7. The Hall–Kier alpha value is -0.650. The second-order valence-electron chi connectivity index (χ2n) is 9.32. The van der Waals surface area contributed by atoms with Crippen molar-refractivity contribution >= 4 is 5.97 Å². The average Bonchev–Trinajstić information content (AvgIpc) is 2.92. The Balaban J connectivity index is 2.25. The van der Waals surface area contributed by atoms with E-state index in [1.165, 1.54) is 6.42 Å². The molecule has 0 aromatic heterocycles. The molecule has 0 aromatic carbocycles. The number of cyclic esters (lactones) is 1. The molecular weight excluding hydrogens is 332 g/mol. The quantitative estimate of drug-likeness (QED) is 0.636. The van der Waals surface area contributed by atoms with Gasteiger partial charge in [0.2, 0.25) is 17.7 Å². The average molecular weight is 371 g/mol. The van der Waals surface area contributed by atoms with Crippen LogP contribution in [0.15, 0.2) is 0 Å². The van der Waals surface area contributed by atoms with Gasteiger partial charge >= 0.3 is 5.97 Å². The number of hydrogen-bond donors (Lipinski definition) is 0. The van der Waals surface area contributed by atoms with Gasteiger partial charge in [-0.2, -0.15) is 0 Å². The molecule has 2 saturated heterocycles. The fourth-order valence-corrected chi connectivity index (χ4v) is 4.12. The van der Waals surface area contributed by atoms with Crippen LogP contribution >= 0.6 is 0 Å². The van der Waals surface area contributed by atoms with E-state index in [2.05, 4.69) is 20.8 Å². The SMILES string of the molecule is CC[C@H](C)C[C@H]1CC[C@](OC)([C@]2(C)O[C@@H](C(C)(C)C)OC2=O)O[C@@H]1CC. The molecule has 0 amide bonds. The summed E-state index contributed by atoms with van der Waals surface area (Å²) in [5.74, 6) is -0.343.